The first kappa shape index (κ1) is 20.3. The van der Waals surface area contributed by atoms with Crippen LogP contribution in [-0.4, -0.2) is 34.9 Å². The van der Waals surface area contributed by atoms with Gasteiger partial charge in [0.15, 0.2) is 0 Å². The second-order valence-electron chi connectivity index (χ2n) is 5.98. The van der Waals surface area contributed by atoms with Crippen LogP contribution in [0.15, 0.2) is 12.3 Å². The Morgan fingerprint density at radius 1 is 1.29 bits per heavy atom. The maximum absolute atomic E-state index is 12.1. The molecule has 0 saturated heterocycles. The molecule has 1 fully saturated rings. The molecule has 2 N–H and O–H groups in total. The fourth-order valence-electron chi connectivity index (χ4n) is 2.88. The second kappa shape index (κ2) is 10.2. The third kappa shape index (κ3) is 6.05. The number of halogens is 1. The molecule has 7 nitrogen and oxygen atoms in total. The van der Waals surface area contributed by atoms with Gasteiger partial charge in [0.2, 0.25) is 0 Å². The summed E-state index contributed by atoms with van der Waals surface area (Å²) in [7, 11) is 0. The first-order valence-electron chi connectivity index (χ1n) is 8.20. The number of aryl methyl sites for hydroxylation is 1. The van der Waals surface area contributed by atoms with Gasteiger partial charge in [-0.05, 0) is 19.8 Å². The van der Waals surface area contributed by atoms with Crippen molar-refractivity contribution in [1.29, 1.82) is 0 Å². The number of hydrogen-bond donors (Lipinski definition) is 2. The SMILES string of the molecule is Cc1ncc([N+](=O)[O-])cc1C(=O)NCCNC1CCCCCC1.Cl. The fourth-order valence-corrected chi connectivity index (χ4v) is 2.88. The van der Waals surface area contributed by atoms with Gasteiger partial charge in [0, 0.05) is 25.2 Å². The van der Waals surface area contributed by atoms with Crippen molar-refractivity contribution >= 4 is 24.0 Å². The third-order valence-corrected chi connectivity index (χ3v) is 4.23. The molecule has 0 radical (unpaired) electrons. The molecule has 1 aromatic heterocycles. The summed E-state index contributed by atoms with van der Waals surface area (Å²) in [5, 5.41) is 17.0. The predicted octanol–water partition coefficient (Wildman–Crippen LogP) is 2.76. The maximum Gasteiger partial charge on any atom is 0.288 e. The van der Waals surface area contributed by atoms with Gasteiger partial charge in [-0.25, -0.2) is 0 Å². The quantitative estimate of drug-likeness (QED) is 0.353. The van der Waals surface area contributed by atoms with Crippen LogP contribution in [0.5, 0.6) is 0 Å². The summed E-state index contributed by atoms with van der Waals surface area (Å²) < 4.78 is 0. The normalized spacial score (nSPS) is 15.2. The van der Waals surface area contributed by atoms with Gasteiger partial charge in [0.05, 0.1) is 16.2 Å². The Balaban J connectivity index is 0.00000288. The lowest BCUT2D eigenvalue weighted by atomic mass is 10.1. The number of pyridine rings is 1. The molecule has 1 aliphatic rings. The van der Waals surface area contributed by atoms with Crippen LogP contribution in [0.2, 0.25) is 0 Å². The minimum absolute atomic E-state index is 0. The zero-order valence-electron chi connectivity index (χ0n) is 13.9. The Kier molecular flexibility index (Phi) is 8.63. The molecule has 0 aromatic carbocycles. The predicted molar refractivity (Wildman–Crippen MR) is 94.7 cm³/mol. The molecule has 2 rings (SSSR count). The van der Waals surface area contributed by atoms with E-state index in [0.29, 0.717) is 24.8 Å². The van der Waals surface area contributed by atoms with Crippen molar-refractivity contribution in [3.63, 3.8) is 0 Å². The molecule has 24 heavy (non-hydrogen) atoms. The summed E-state index contributed by atoms with van der Waals surface area (Å²) >= 11 is 0. The zero-order valence-corrected chi connectivity index (χ0v) is 14.7. The molecule has 134 valence electrons. The Morgan fingerprint density at radius 2 is 1.96 bits per heavy atom. The van der Waals surface area contributed by atoms with E-state index in [1.54, 1.807) is 6.92 Å². The van der Waals surface area contributed by atoms with Gasteiger partial charge in [0.25, 0.3) is 11.6 Å². The molecule has 1 saturated carbocycles. The van der Waals surface area contributed by atoms with E-state index >= 15 is 0 Å². The highest BCUT2D eigenvalue weighted by Crippen LogP contribution is 2.17. The average Bonchev–Trinajstić information content (AvgIpc) is 2.80. The van der Waals surface area contributed by atoms with E-state index < -0.39 is 4.92 Å². The van der Waals surface area contributed by atoms with Crippen LogP contribution in [0.1, 0.15) is 54.6 Å². The van der Waals surface area contributed by atoms with E-state index in [9.17, 15) is 14.9 Å². The van der Waals surface area contributed by atoms with Crippen LogP contribution < -0.4 is 10.6 Å². The van der Waals surface area contributed by atoms with Gasteiger partial charge < -0.3 is 10.6 Å². The van der Waals surface area contributed by atoms with Gasteiger partial charge >= 0.3 is 0 Å². The summed E-state index contributed by atoms with van der Waals surface area (Å²) in [5.74, 6) is -0.318. The van der Waals surface area contributed by atoms with Crippen LogP contribution in [0.3, 0.4) is 0 Å². The number of amides is 1. The number of aromatic nitrogens is 1. The first-order valence-corrected chi connectivity index (χ1v) is 8.20. The molecular formula is C16H25ClN4O3. The average molecular weight is 357 g/mol. The second-order valence-corrected chi connectivity index (χ2v) is 5.98. The molecule has 1 amide bonds. The van der Waals surface area contributed by atoms with E-state index in [1.165, 1.54) is 50.8 Å². The number of nitro groups is 1. The van der Waals surface area contributed by atoms with Crippen LogP contribution in [0.25, 0.3) is 0 Å². The Hall–Kier alpha value is -1.73. The zero-order chi connectivity index (χ0) is 16.7. The summed E-state index contributed by atoms with van der Waals surface area (Å²) in [5.41, 5.74) is 0.579. The van der Waals surface area contributed by atoms with Crippen molar-refractivity contribution in [3.05, 3.63) is 33.6 Å². The Morgan fingerprint density at radius 3 is 2.58 bits per heavy atom. The van der Waals surface area contributed by atoms with Crippen LogP contribution in [-0.2, 0) is 0 Å². The maximum atomic E-state index is 12.1. The lowest BCUT2D eigenvalue weighted by Crippen LogP contribution is -2.37. The van der Waals surface area contributed by atoms with E-state index in [1.807, 2.05) is 0 Å². The van der Waals surface area contributed by atoms with Crippen molar-refractivity contribution in [3.8, 4) is 0 Å². The highest BCUT2D eigenvalue weighted by atomic mass is 35.5. The number of nitrogens with zero attached hydrogens (tertiary/aromatic N) is 2. The number of carbonyl (C=O) groups excluding carboxylic acids is 1. The van der Waals surface area contributed by atoms with Gasteiger partial charge in [-0.3, -0.25) is 19.9 Å². The molecule has 1 aliphatic carbocycles. The summed E-state index contributed by atoms with van der Waals surface area (Å²) in [6, 6.07) is 1.81. The van der Waals surface area contributed by atoms with E-state index in [0.717, 1.165) is 0 Å². The lowest BCUT2D eigenvalue weighted by molar-refractivity contribution is -0.385. The monoisotopic (exact) mass is 356 g/mol. The van der Waals surface area contributed by atoms with Gasteiger partial charge in [0.1, 0.15) is 6.20 Å². The molecule has 0 bridgehead atoms. The first-order chi connectivity index (χ1) is 11.1. The number of carbonyl (C=O) groups is 1. The van der Waals surface area contributed by atoms with Crippen molar-refractivity contribution in [2.45, 2.75) is 51.5 Å². The molecule has 8 heteroatoms. The number of rotatable bonds is 6. The molecule has 0 aliphatic heterocycles. The minimum Gasteiger partial charge on any atom is -0.351 e. The Bertz CT molecular complexity index is 560. The number of hydrogen-bond acceptors (Lipinski definition) is 5. The molecule has 0 spiro atoms. The fraction of sp³-hybridized carbons (Fsp3) is 0.625. The van der Waals surface area contributed by atoms with Crippen LogP contribution >= 0.6 is 12.4 Å². The Labute approximate surface area is 148 Å². The standard InChI is InChI=1S/C16H24N4O3.ClH/c1-12-15(10-14(11-19-12)20(22)23)16(21)18-9-8-17-13-6-4-2-3-5-7-13;/h10-11,13,17H,2-9H2,1H3,(H,18,21);1H. The summed E-state index contributed by atoms with van der Waals surface area (Å²) in [6.07, 6.45) is 8.72. The largest absolute Gasteiger partial charge is 0.351 e. The molecule has 1 aromatic rings. The minimum atomic E-state index is -0.545. The van der Waals surface area contributed by atoms with Gasteiger partial charge in [-0.15, -0.1) is 12.4 Å². The van der Waals surface area contributed by atoms with Gasteiger partial charge in [-0.1, -0.05) is 25.7 Å². The topological polar surface area (TPSA) is 97.2 Å². The summed E-state index contributed by atoms with van der Waals surface area (Å²) in [6.45, 7) is 2.87. The molecule has 1 heterocycles. The molecular weight excluding hydrogens is 332 g/mol. The lowest BCUT2D eigenvalue weighted by Gasteiger charge is -2.16. The van der Waals surface area contributed by atoms with E-state index in [-0.39, 0.29) is 29.6 Å². The van der Waals surface area contributed by atoms with Crippen LogP contribution in [0, 0.1) is 17.0 Å². The van der Waals surface area contributed by atoms with Crippen LogP contribution in [0.4, 0.5) is 5.69 Å². The third-order valence-electron chi connectivity index (χ3n) is 4.23. The van der Waals surface area contributed by atoms with Gasteiger partial charge in [-0.2, -0.15) is 0 Å². The number of nitrogens with one attached hydrogen (secondary N) is 2. The van der Waals surface area contributed by atoms with Crippen molar-refractivity contribution in [2.24, 2.45) is 0 Å². The highest BCUT2D eigenvalue weighted by Gasteiger charge is 2.16. The van der Waals surface area contributed by atoms with Crippen molar-refractivity contribution < 1.29 is 9.72 Å². The van der Waals surface area contributed by atoms with E-state index in [2.05, 4.69) is 15.6 Å². The van der Waals surface area contributed by atoms with Crippen molar-refractivity contribution in [2.75, 3.05) is 13.1 Å². The molecule has 0 unspecified atom stereocenters. The molecule has 0 atom stereocenters. The van der Waals surface area contributed by atoms with E-state index in [4.69, 9.17) is 0 Å². The van der Waals surface area contributed by atoms with Crippen molar-refractivity contribution in [1.82, 2.24) is 15.6 Å². The highest BCUT2D eigenvalue weighted by molar-refractivity contribution is 5.95. The summed E-state index contributed by atoms with van der Waals surface area (Å²) in [4.78, 5) is 26.3. The smallest absolute Gasteiger partial charge is 0.288 e.